The van der Waals surface area contributed by atoms with Gasteiger partial charge in [0.25, 0.3) is 0 Å². The topological polar surface area (TPSA) is 35.2 Å². The second-order valence-corrected chi connectivity index (χ2v) is 4.17. The Morgan fingerprint density at radius 1 is 1.41 bits per heavy atom. The second kappa shape index (κ2) is 6.47. The molecule has 0 spiro atoms. The summed E-state index contributed by atoms with van der Waals surface area (Å²) < 4.78 is 41.9. The maximum Gasteiger partial charge on any atom is 0.390 e. The van der Waals surface area contributed by atoms with Crippen LogP contribution >= 0.6 is 28.3 Å². The van der Waals surface area contributed by atoms with Crippen molar-refractivity contribution in [3.63, 3.8) is 0 Å². The number of rotatable bonds is 3. The molecule has 98 valence electrons. The van der Waals surface area contributed by atoms with Gasteiger partial charge in [-0.3, -0.25) is 0 Å². The first kappa shape index (κ1) is 16.5. The van der Waals surface area contributed by atoms with Gasteiger partial charge in [0.05, 0.1) is 18.0 Å². The molecule has 0 saturated carbocycles. The van der Waals surface area contributed by atoms with Gasteiger partial charge in [-0.1, -0.05) is 6.07 Å². The Morgan fingerprint density at radius 2 is 2.00 bits per heavy atom. The van der Waals surface area contributed by atoms with Crippen molar-refractivity contribution >= 4 is 28.3 Å². The fraction of sp³-hybridized carbons (Fsp3) is 0.400. The van der Waals surface area contributed by atoms with Gasteiger partial charge >= 0.3 is 6.18 Å². The van der Waals surface area contributed by atoms with E-state index >= 15 is 0 Å². The lowest BCUT2D eigenvalue weighted by Gasteiger charge is -2.15. The highest BCUT2D eigenvalue weighted by molar-refractivity contribution is 9.10. The van der Waals surface area contributed by atoms with Crippen LogP contribution in [0.4, 0.5) is 13.2 Å². The summed E-state index contributed by atoms with van der Waals surface area (Å²) in [5.74, 6) is 0.558. The summed E-state index contributed by atoms with van der Waals surface area (Å²) in [7, 11) is 1.48. The predicted octanol–water partition coefficient (Wildman–Crippen LogP) is 3.83. The minimum Gasteiger partial charge on any atom is -0.496 e. The molecular formula is C10H12BrClF3NO. The zero-order valence-electron chi connectivity index (χ0n) is 8.92. The predicted molar refractivity (Wildman–Crippen MR) is 65.5 cm³/mol. The Hall–Kier alpha value is -0.460. The molecule has 1 aromatic carbocycles. The van der Waals surface area contributed by atoms with Crippen LogP contribution in [0.5, 0.6) is 5.75 Å². The van der Waals surface area contributed by atoms with Crippen LogP contribution in [0.15, 0.2) is 22.7 Å². The van der Waals surface area contributed by atoms with Gasteiger partial charge in [-0.2, -0.15) is 13.2 Å². The lowest BCUT2D eigenvalue weighted by atomic mass is 10.0. The maximum absolute atomic E-state index is 12.1. The zero-order valence-corrected chi connectivity index (χ0v) is 11.3. The molecule has 1 aromatic rings. The first-order valence-electron chi connectivity index (χ1n) is 4.49. The summed E-state index contributed by atoms with van der Waals surface area (Å²) in [6.45, 7) is 0. The number of benzene rings is 1. The SMILES string of the molecule is COc1ccc([C@@H](N)CC(F)(F)F)cc1Br.Cl. The van der Waals surface area contributed by atoms with Crippen molar-refractivity contribution in [2.45, 2.75) is 18.6 Å². The Kier molecular flexibility index (Phi) is 6.29. The molecule has 0 aliphatic rings. The summed E-state index contributed by atoms with van der Waals surface area (Å²) in [4.78, 5) is 0. The molecular weight excluding hydrogens is 322 g/mol. The molecule has 0 radical (unpaired) electrons. The Bertz CT molecular complexity index is 373. The summed E-state index contributed by atoms with van der Waals surface area (Å²) in [5, 5.41) is 0. The van der Waals surface area contributed by atoms with E-state index in [2.05, 4.69) is 15.9 Å². The molecule has 1 atom stereocenters. The van der Waals surface area contributed by atoms with E-state index in [9.17, 15) is 13.2 Å². The van der Waals surface area contributed by atoms with Crippen molar-refractivity contribution in [2.24, 2.45) is 5.73 Å². The van der Waals surface area contributed by atoms with Crippen molar-refractivity contribution in [2.75, 3.05) is 7.11 Å². The van der Waals surface area contributed by atoms with Crippen LogP contribution in [0.25, 0.3) is 0 Å². The van der Waals surface area contributed by atoms with E-state index in [-0.39, 0.29) is 12.4 Å². The van der Waals surface area contributed by atoms with E-state index in [4.69, 9.17) is 10.5 Å². The highest BCUT2D eigenvalue weighted by Crippen LogP contribution is 2.32. The van der Waals surface area contributed by atoms with Crippen LogP contribution in [0, 0.1) is 0 Å². The molecule has 0 saturated heterocycles. The molecule has 0 unspecified atom stereocenters. The Morgan fingerprint density at radius 3 is 2.41 bits per heavy atom. The number of hydrogen-bond donors (Lipinski definition) is 1. The maximum atomic E-state index is 12.1. The van der Waals surface area contributed by atoms with Crippen LogP contribution in [-0.4, -0.2) is 13.3 Å². The fourth-order valence-electron chi connectivity index (χ4n) is 1.28. The van der Waals surface area contributed by atoms with E-state index in [0.29, 0.717) is 15.8 Å². The van der Waals surface area contributed by atoms with E-state index in [0.717, 1.165) is 0 Å². The molecule has 0 aliphatic heterocycles. The smallest absolute Gasteiger partial charge is 0.390 e. The van der Waals surface area contributed by atoms with Gasteiger partial charge in [0, 0.05) is 6.04 Å². The standard InChI is InChI=1S/C10H11BrF3NO.ClH/c1-16-9-3-2-6(4-7(9)11)8(15)5-10(12,13)14;/h2-4,8H,5,15H2,1H3;1H/t8-;/m0./s1. The number of nitrogens with two attached hydrogens (primary N) is 1. The van der Waals surface area contributed by atoms with Crippen LogP contribution in [0.1, 0.15) is 18.0 Å². The van der Waals surface area contributed by atoms with Crippen molar-refractivity contribution < 1.29 is 17.9 Å². The van der Waals surface area contributed by atoms with Crippen molar-refractivity contribution in [3.8, 4) is 5.75 Å². The molecule has 0 aromatic heterocycles. The third-order valence-corrected chi connectivity index (χ3v) is 2.68. The van der Waals surface area contributed by atoms with E-state index in [1.165, 1.54) is 19.2 Å². The third-order valence-electron chi connectivity index (χ3n) is 2.06. The van der Waals surface area contributed by atoms with E-state index in [1.54, 1.807) is 6.07 Å². The lowest BCUT2D eigenvalue weighted by Crippen LogP contribution is -2.20. The van der Waals surface area contributed by atoms with Crippen molar-refractivity contribution in [1.82, 2.24) is 0 Å². The molecule has 0 bridgehead atoms. The van der Waals surface area contributed by atoms with Crippen LogP contribution in [-0.2, 0) is 0 Å². The van der Waals surface area contributed by atoms with Gasteiger partial charge in [0.2, 0.25) is 0 Å². The van der Waals surface area contributed by atoms with Crippen LogP contribution < -0.4 is 10.5 Å². The Labute approximate surface area is 112 Å². The highest BCUT2D eigenvalue weighted by Gasteiger charge is 2.31. The minimum atomic E-state index is -4.26. The van der Waals surface area contributed by atoms with Crippen LogP contribution in [0.3, 0.4) is 0 Å². The first-order valence-corrected chi connectivity index (χ1v) is 5.28. The monoisotopic (exact) mass is 333 g/mol. The molecule has 0 amide bonds. The third kappa shape index (κ3) is 5.14. The average Bonchev–Trinajstić information content (AvgIpc) is 2.15. The summed E-state index contributed by atoms with van der Waals surface area (Å²) >= 11 is 3.19. The first-order chi connectivity index (χ1) is 7.33. The van der Waals surface area contributed by atoms with Gasteiger partial charge < -0.3 is 10.5 Å². The van der Waals surface area contributed by atoms with Crippen molar-refractivity contribution in [3.05, 3.63) is 28.2 Å². The van der Waals surface area contributed by atoms with E-state index in [1.807, 2.05) is 0 Å². The molecule has 0 aliphatic carbocycles. The van der Waals surface area contributed by atoms with Crippen molar-refractivity contribution in [1.29, 1.82) is 0 Å². The molecule has 2 nitrogen and oxygen atoms in total. The van der Waals surface area contributed by atoms with Gasteiger partial charge in [-0.15, -0.1) is 12.4 Å². The summed E-state index contributed by atoms with van der Waals surface area (Å²) in [6.07, 6.45) is -5.29. The molecule has 0 heterocycles. The molecule has 17 heavy (non-hydrogen) atoms. The highest BCUT2D eigenvalue weighted by atomic mass is 79.9. The Balaban J connectivity index is 0.00000256. The normalized spacial score (nSPS) is 12.8. The number of halogens is 5. The molecule has 0 fully saturated rings. The zero-order chi connectivity index (χ0) is 12.3. The van der Waals surface area contributed by atoms with E-state index < -0.39 is 18.6 Å². The van der Waals surface area contributed by atoms with Gasteiger partial charge in [-0.25, -0.2) is 0 Å². The van der Waals surface area contributed by atoms with Gasteiger partial charge in [0.1, 0.15) is 5.75 Å². The average molecular weight is 335 g/mol. The van der Waals surface area contributed by atoms with Gasteiger partial charge in [0.15, 0.2) is 0 Å². The largest absolute Gasteiger partial charge is 0.496 e. The number of hydrogen-bond acceptors (Lipinski definition) is 2. The molecule has 2 N–H and O–H groups in total. The number of ether oxygens (including phenoxy) is 1. The fourth-order valence-corrected chi connectivity index (χ4v) is 1.84. The lowest BCUT2D eigenvalue weighted by molar-refractivity contribution is -0.138. The second-order valence-electron chi connectivity index (χ2n) is 3.32. The van der Waals surface area contributed by atoms with Crippen LogP contribution in [0.2, 0.25) is 0 Å². The molecule has 7 heteroatoms. The number of alkyl halides is 3. The summed E-state index contributed by atoms with van der Waals surface area (Å²) in [6, 6.07) is 3.59. The number of methoxy groups -OCH3 is 1. The summed E-state index contributed by atoms with van der Waals surface area (Å²) in [5.41, 5.74) is 5.88. The minimum absolute atomic E-state index is 0. The van der Waals surface area contributed by atoms with Gasteiger partial charge in [-0.05, 0) is 33.6 Å². The molecule has 1 rings (SSSR count). The quantitative estimate of drug-likeness (QED) is 0.912.